The number of carbonyl (C=O) groups is 1. The molecule has 2 aromatic heterocycles. The van der Waals surface area contributed by atoms with Gasteiger partial charge < -0.3 is 24.8 Å². The average Bonchev–Trinajstić information content (AvgIpc) is 3.63. The Kier molecular flexibility index (Phi) is 7.16. The molecule has 0 radical (unpaired) electrons. The van der Waals surface area contributed by atoms with Crippen molar-refractivity contribution in [1.82, 2.24) is 20.2 Å². The van der Waals surface area contributed by atoms with Gasteiger partial charge in [0.25, 0.3) is 5.91 Å². The van der Waals surface area contributed by atoms with Gasteiger partial charge in [0, 0.05) is 38.1 Å². The van der Waals surface area contributed by atoms with Crippen LogP contribution >= 0.6 is 11.3 Å². The van der Waals surface area contributed by atoms with Gasteiger partial charge in [0.2, 0.25) is 12.7 Å². The third kappa shape index (κ3) is 5.77. The molecule has 0 unspecified atom stereocenters. The highest BCUT2D eigenvalue weighted by Gasteiger charge is 2.15. The maximum atomic E-state index is 12.8. The van der Waals surface area contributed by atoms with Crippen LogP contribution in [0, 0.1) is 0 Å². The molecule has 6 rings (SSSR count). The number of morpholine rings is 1. The lowest BCUT2D eigenvalue weighted by Crippen LogP contribution is -2.35. The zero-order chi connectivity index (χ0) is 25.7. The number of aromatic nitrogens is 2. The molecule has 194 valence electrons. The van der Waals surface area contributed by atoms with Crippen LogP contribution in [-0.4, -0.2) is 53.9 Å². The number of thiophene rings is 1. The quantitative estimate of drug-likeness (QED) is 0.346. The maximum absolute atomic E-state index is 12.8. The minimum atomic E-state index is -0.136. The second-order valence-electron chi connectivity index (χ2n) is 9.01. The van der Waals surface area contributed by atoms with Gasteiger partial charge >= 0.3 is 0 Å². The molecular formula is C28H27N5O4S. The minimum absolute atomic E-state index is 0.136. The predicted octanol–water partition coefficient (Wildman–Crippen LogP) is 4.44. The van der Waals surface area contributed by atoms with Crippen molar-refractivity contribution in [3.05, 3.63) is 82.9 Å². The molecule has 2 aliphatic heterocycles. The summed E-state index contributed by atoms with van der Waals surface area (Å²) in [6, 6.07) is 19.5. The van der Waals surface area contributed by atoms with E-state index in [4.69, 9.17) is 14.2 Å². The van der Waals surface area contributed by atoms with Gasteiger partial charge in [-0.3, -0.25) is 9.69 Å². The molecule has 0 atom stereocenters. The topological polar surface area (TPSA) is 97.8 Å². The van der Waals surface area contributed by atoms with E-state index in [1.807, 2.05) is 48.5 Å². The molecule has 2 N–H and O–H groups in total. The lowest BCUT2D eigenvalue weighted by atomic mass is 10.2. The van der Waals surface area contributed by atoms with E-state index < -0.39 is 0 Å². The number of carbonyl (C=O) groups excluding carboxylic acids is 1. The first-order valence-corrected chi connectivity index (χ1v) is 13.3. The van der Waals surface area contributed by atoms with E-state index in [1.165, 1.54) is 16.9 Å². The summed E-state index contributed by atoms with van der Waals surface area (Å²) in [5.41, 5.74) is 3.86. The Balaban J connectivity index is 1.08. The van der Waals surface area contributed by atoms with Crippen molar-refractivity contribution in [3.63, 3.8) is 0 Å². The zero-order valence-corrected chi connectivity index (χ0v) is 21.5. The number of hydrogen-bond acceptors (Lipinski definition) is 9. The number of hydrogen-bond donors (Lipinski definition) is 2. The lowest BCUT2D eigenvalue weighted by molar-refractivity contribution is 0.0342. The Bertz CT molecular complexity index is 1440. The van der Waals surface area contributed by atoms with E-state index in [2.05, 4.69) is 37.6 Å². The van der Waals surface area contributed by atoms with Gasteiger partial charge in [-0.25, -0.2) is 9.97 Å². The minimum Gasteiger partial charge on any atom is -0.454 e. The molecule has 0 aliphatic carbocycles. The van der Waals surface area contributed by atoms with Gasteiger partial charge in [-0.1, -0.05) is 18.2 Å². The van der Waals surface area contributed by atoms with E-state index in [9.17, 15) is 4.79 Å². The summed E-state index contributed by atoms with van der Waals surface area (Å²) in [4.78, 5) is 25.7. The average molecular weight is 530 g/mol. The Morgan fingerprint density at radius 2 is 1.87 bits per heavy atom. The van der Waals surface area contributed by atoms with Crippen molar-refractivity contribution in [3.8, 4) is 22.1 Å². The highest BCUT2D eigenvalue weighted by atomic mass is 32.1. The Morgan fingerprint density at radius 3 is 2.79 bits per heavy atom. The van der Waals surface area contributed by atoms with Crippen molar-refractivity contribution in [2.45, 2.75) is 13.1 Å². The van der Waals surface area contributed by atoms with Crippen molar-refractivity contribution in [1.29, 1.82) is 0 Å². The fourth-order valence-electron chi connectivity index (χ4n) is 4.37. The van der Waals surface area contributed by atoms with E-state index in [0.29, 0.717) is 23.1 Å². The summed E-state index contributed by atoms with van der Waals surface area (Å²) in [5, 5.41) is 6.29. The first kappa shape index (κ1) is 24.4. The van der Waals surface area contributed by atoms with Crippen LogP contribution in [0.1, 0.15) is 20.8 Å². The highest BCUT2D eigenvalue weighted by Crippen LogP contribution is 2.32. The molecule has 4 aromatic rings. The van der Waals surface area contributed by atoms with Crippen LogP contribution in [0.4, 0.5) is 11.6 Å². The Labute approximate surface area is 224 Å². The van der Waals surface area contributed by atoms with Gasteiger partial charge in [0.15, 0.2) is 11.5 Å². The molecule has 4 heterocycles. The standard InChI is InChI=1S/C28H27N5O4S/c34-27(30-16-19-4-5-23-24(15-19)37-18-36-23)26-7-6-25(38-26)22-8-9-29-28(32-22)31-21-3-1-2-20(14-21)17-33-10-12-35-13-11-33/h1-9,14-15H,10-13,16-18H2,(H,30,34)(H,29,31,32). The van der Waals surface area contributed by atoms with E-state index in [1.54, 1.807) is 6.20 Å². The SMILES string of the molecule is O=C(NCc1ccc2c(c1)OCO2)c1ccc(-c2ccnc(Nc3cccc(CN4CCOCC4)c3)n2)s1. The summed E-state index contributed by atoms with van der Waals surface area (Å²) in [5.74, 6) is 1.80. The Morgan fingerprint density at radius 1 is 0.974 bits per heavy atom. The summed E-state index contributed by atoms with van der Waals surface area (Å²) in [7, 11) is 0. The van der Waals surface area contributed by atoms with Crippen LogP contribution in [0.2, 0.25) is 0 Å². The number of nitrogens with zero attached hydrogens (tertiary/aromatic N) is 3. The molecule has 1 fully saturated rings. The molecule has 10 heteroatoms. The Hall–Kier alpha value is -3.99. The number of nitrogens with one attached hydrogen (secondary N) is 2. The molecule has 38 heavy (non-hydrogen) atoms. The lowest BCUT2D eigenvalue weighted by Gasteiger charge is -2.26. The number of fused-ring (bicyclic) bond motifs is 1. The number of rotatable bonds is 8. The van der Waals surface area contributed by atoms with Crippen LogP contribution in [0.15, 0.2) is 66.9 Å². The predicted molar refractivity (Wildman–Crippen MR) is 145 cm³/mol. The normalized spacial score (nSPS) is 14.8. The molecule has 1 amide bonds. The van der Waals surface area contributed by atoms with Gasteiger partial charge in [0.1, 0.15) is 0 Å². The summed E-state index contributed by atoms with van der Waals surface area (Å²) >= 11 is 1.40. The summed E-state index contributed by atoms with van der Waals surface area (Å²) in [6.07, 6.45) is 1.72. The smallest absolute Gasteiger partial charge is 0.261 e. The second-order valence-corrected chi connectivity index (χ2v) is 10.1. The zero-order valence-electron chi connectivity index (χ0n) is 20.7. The fourth-order valence-corrected chi connectivity index (χ4v) is 5.26. The van der Waals surface area contributed by atoms with Crippen LogP contribution in [0.5, 0.6) is 11.5 Å². The third-order valence-corrected chi connectivity index (χ3v) is 7.43. The fraction of sp³-hybridized carbons (Fsp3) is 0.250. The summed E-state index contributed by atoms with van der Waals surface area (Å²) in [6.45, 7) is 4.97. The van der Waals surface area contributed by atoms with E-state index in [-0.39, 0.29) is 12.7 Å². The highest BCUT2D eigenvalue weighted by molar-refractivity contribution is 7.17. The molecule has 9 nitrogen and oxygen atoms in total. The molecule has 0 saturated carbocycles. The van der Waals surface area contributed by atoms with Crippen molar-refractivity contribution in [2.24, 2.45) is 0 Å². The number of anilines is 2. The number of ether oxygens (including phenoxy) is 3. The van der Waals surface area contributed by atoms with E-state index >= 15 is 0 Å². The first-order chi connectivity index (χ1) is 18.7. The van der Waals surface area contributed by atoms with Crippen molar-refractivity contribution in [2.75, 3.05) is 38.4 Å². The second kappa shape index (κ2) is 11.2. The van der Waals surface area contributed by atoms with E-state index in [0.717, 1.165) is 60.4 Å². The third-order valence-electron chi connectivity index (χ3n) is 6.32. The molecule has 0 bridgehead atoms. The van der Waals surface area contributed by atoms with Crippen molar-refractivity contribution < 1.29 is 19.0 Å². The van der Waals surface area contributed by atoms with Crippen LogP contribution in [-0.2, 0) is 17.8 Å². The monoisotopic (exact) mass is 529 g/mol. The van der Waals surface area contributed by atoms with Gasteiger partial charge in [0.05, 0.1) is 28.7 Å². The van der Waals surface area contributed by atoms with Crippen LogP contribution in [0.3, 0.4) is 0 Å². The van der Waals surface area contributed by atoms with Crippen molar-refractivity contribution >= 4 is 28.9 Å². The summed E-state index contributed by atoms with van der Waals surface area (Å²) < 4.78 is 16.2. The van der Waals surface area contributed by atoms with Gasteiger partial charge in [-0.2, -0.15) is 0 Å². The van der Waals surface area contributed by atoms with Gasteiger partial charge in [-0.15, -0.1) is 11.3 Å². The van der Waals surface area contributed by atoms with Crippen LogP contribution < -0.4 is 20.1 Å². The molecule has 2 aromatic carbocycles. The number of benzene rings is 2. The molecule has 1 saturated heterocycles. The van der Waals surface area contributed by atoms with Crippen LogP contribution in [0.25, 0.3) is 10.6 Å². The molecular weight excluding hydrogens is 502 g/mol. The molecule has 0 spiro atoms. The largest absolute Gasteiger partial charge is 0.454 e. The first-order valence-electron chi connectivity index (χ1n) is 12.5. The maximum Gasteiger partial charge on any atom is 0.261 e. The molecule has 2 aliphatic rings. The van der Waals surface area contributed by atoms with Gasteiger partial charge in [-0.05, 0) is 53.6 Å². The number of amides is 1.